The number of nitrogens with two attached hydrogens (primary N) is 1. The van der Waals surface area contributed by atoms with Gasteiger partial charge in [0.15, 0.2) is 0 Å². The smallest absolute Gasteiger partial charge is 0.323 e. The molecule has 10 heteroatoms. The zero-order valence-corrected chi connectivity index (χ0v) is 19.5. The Bertz CT molecular complexity index is 1360. The lowest BCUT2D eigenvalue weighted by molar-refractivity contribution is 0.262. The van der Waals surface area contributed by atoms with Gasteiger partial charge in [-0.05, 0) is 42.5 Å². The number of nitrogens with zero attached hydrogens (tertiary/aromatic N) is 3. The summed E-state index contributed by atoms with van der Waals surface area (Å²) in [7, 11) is 0. The van der Waals surface area contributed by atoms with Crippen LogP contribution in [0.15, 0.2) is 54.7 Å². The predicted octanol–water partition coefficient (Wildman–Crippen LogP) is 5.85. The maximum Gasteiger partial charge on any atom is 0.323 e. The van der Waals surface area contributed by atoms with Crippen LogP contribution in [0.3, 0.4) is 0 Å². The molecule has 0 aliphatic rings. The van der Waals surface area contributed by atoms with Crippen molar-refractivity contribution in [2.45, 2.75) is 26.2 Å². The molecule has 0 bridgehead atoms. The average Bonchev–Trinajstić information content (AvgIpc) is 3.21. The minimum atomic E-state index is -0.612. The highest BCUT2D eigenvalue weighted by atomic mass is 35.5. The fourth-order valence-electron chi connectivity index (χ4n) is 3.25. The van der Waals surface area contributed by atoms with Gasteiger partial charge in [-0.1, -0.05) is 38.4 Å². The van der Waals surface area contributed by atoms with Gasteiger partial charge in [0.05, 0.1) is 22.8 Å². The fraction of sp³-hybridized carbons (Fsp3) is 0.167. The van der Waals surface area contributed by atoms with Gasteiger partial charge in [0.1, 0.15) is 11.6 Å². The van der Waals surface area contributed by atoms with Crippen molar-refractivity contribution in [2.75, 3.05) is 16.4 Å². The van der Waals surface area contributed by atoms with E-state index in [-0.39, 0.29) is 17.1 Å². The molecule has 8 nitrogen and oxygen atoms in total. The molecule has 0 saturated carbocycles. The number of imidazole rings is 1. The molecule has 0 saturated heterocycles. The number of anilines is 3. The van der Waals surface area contributed by atoms with Gasteiger partial charge in [-0.15, -0.1) is 0 Å². The Hall–Kier alpha value is -3.98. The summed E-state index contributed by atoms with van der Waals surface area (Å²) in [4.78, 5) is 28.8. The van der Waals surface area contributed by atoms with E-state index in [1.54, 1.807) is 42.6 Å². The summed E-state index contributed by atoms with van der Waals surface area (Å²) >= 11 is 5.95. The van der Waals surface area contributed by atoms with E-state index in [9.17, 15) is 9.18 Å². The lowest BCUT2D eigenvalue weighted by Gasteiger charge is -2.14. The molecular weight excluding hydrogens is 457 g/mol. The summed E-state index contributed by atoms with van der Waals surface area (Å²) in [6.45, 7) is 6.06. The van der Waals surface area contributed by atoms with Crippen LogP contribution < -0.4 is 16.4 Å². The van der Waals surface area contributed by atoms with E-state index >= 15 is 0 Å². The Morgan fingerprint density at radius 1 is 1.09 bits per heavy atom. The van der Waals surface area contributed by atoms with Crippen molar-refractivity contribution in [3.8, 4) is 22.6 Å². The molecule has 0 aliphatic carbocycles. The molecule has 174 valence electrons. The number of carbonyl (C=O) groups is 1. The van der Waals surface area contributed by atoms with Crippen molar-refractivity contribution < 1.29 is 9.18 Å². The zero-order chi connectivity index (χ0) is 24.5. The molecule has 0 atom stereocenters. The number of nitrogen functional groups attached to an aromatic ring is 1. The monoisotopic (exact) mass is 479 g/mol. The molecule has 2 amide bonds. The van der Waals surface area contributed by atoms with E-state index < -0.39 is 11.8 Å². The number of halogens is 2. The molecule has 2 heterocycles. The maximum absolute atomic E-state index is 14.6. The Kier molecular flexibility index (Phi) is 6.21. The van der Waals surface area contributed by atoms with Gasteiger partial charge in [0.25, 0.3) is 0 Å². The summed E-state index contributed by atoms with van der Waals surface area (Å²) < 4.78 is 14.6. The van der Waals surface area contributed by atoms with E-state index in [0.29, 0.717) is 39.2 Å². The number of carbonyl (C=O) groups excluding carboxylic acids is 1. The average molecular weight is 480 g/mol. The Morgan fingerprint density at radius 2 is 1.88 bits per heavy atom. The van der Waals surface area contributed by atoms with Gasteiger partial charge >= 0.3 is 6.03 Å². The number of aromatic nitrogens is 4. The van der Waals surface area contributed by atoms with Crippen LogP contribution in [0.4, 0.5) is 26.5 Å². The molecule has 0 unspecified atom stereocenters. The van der Waals surface area contributed by atoms with Gasteiger partial charge in [0, 0.05) is 27.9 Å². The number of rotatable bonds is 4. The van der Waals surface area contributed by atoms with Crippen LogP contribution in [0.5, 0.6) is 0 Å². The summed E-state index contributed by atoms with van der Waals surface area (Å²) in [5, 5.41) is 5.64. The molecule has 0 spiro atoms. The number of amides is 2. The van der Waals surface area contributed by atoms with Crippen molar-refractivity contribution in [1.82, 2.24) is 19.9 Å². The molecular formula is C24H23ClFN7O. The molecule has 4 aromatic rings. The van der Waals surface area contributed by atoms with Gasteiger partial charge in [-0.3, -0.25) is 0 Å². The van der Waals surface area contributed by atoms with Crippen LogP contribution >= 0.6 is 11.6 Å². The van der Waals surface area contributed by atoms with Crippen LogP contribution in [-0.2, 0) is 5.41 Å². The summed E-state index contributed by atoms with van der Waals surface area (Å²) in [6.07, 6.45) is 1.55. The maximum atomic E-state index is 14.6. The molecule has 0 fully saturated rings. The van der Waals surface area contributed by atoms with Crippen LogP contribution in [0, 0.1) is 5.82 Å². The van der Waals surface area contributed by atoms with Crippen LogP contribution in [0.25, 0.3) is 22.6 Å². The highest BCUT2D eigenvalue weighted by Gasteiger charge is 2.24. The van der Waals surface area contributed by atoms with Crippen molar-refractivity contribution in [1.29, 1.82) is 0 Å². The van der Waals surface area contributed by atoms with Crippen LogP contribution in [0.2, 0.25) is 5.02 Å². The number of hydrogen-bond acceptors (Lipinski definition) is 5. The number of H-pyrrole nitrogens is 1. The molecule has 34 heavy (non-hydrogen) atoms. The number of urea groups is 1. The summed E-state index contributed by atoms with van der Waals surface area (Å²) in [6, 6.07) is 12.1. The summed E-state index contributed by atoms with van der Waals surface area (Å²) in [5.74, 6) is 0.242. The second-order valence-electron chi connectivity index (χ2n) is 8.64. The molecule has 0 radical (unpaired) electrons. The first-order chi connectivity index (χ1) is 16.1. The second-order valence-corrected chi connectivity index (χ2v) is 9.08. The van der Waals surface area contributed by atoms with E-state index in [4.69, 9.17) is 22.3 Å². The molecule has 0 aliphatic heterocycles. The van der Waals surface area contributed by atoms with Gasteiger partial charge < -0.3 is 21.4 Å². The van der Waals surface area contributed by atoms with Gasteiger partial charge in [-0.25, -0.2) is 24.1 Å². The Balaban J connectivity index is 1.70. The van der Waals surface area contributed by atoms with E-state index in [2.05, 4.69) is 25.6 Å². The molecule has 5 N–H and O–H groups in total. The third kappa shape index (κ3) is 5.15. The van der Waals surface area contributed by atoms with Crippen molar-refractivity contribution in [3.05, 3.63) is 71.4 Å². The third-order valence-corrected chi connectivity index (χ3v) is 5.15. The van der Waals surface area contributed by atoms with Crippen LogP contribution in [-0.4, -0.2) is 26.0 Å². The first kappa shape index (κ1) is 23.2. The minimum Gasteiger partial charge on any atom is -0.368 e. The first-order valence-corrected chi connectivity index (χ1v) is 10.8. The lowest BCUT2D eigenvalue weighted by Crippen LogP contribution is -2.20. The topological polar surface area (TPSA) is 122 Å². The number of benzene rings is 2. The van der Waals surface area contributed by atoms with E-state index in [1.807, 2.05) is 20.8 Å². The Morgan fingerprint density at radius 3 is 2.59 bits per heavy atom. The fourth-order valence-corrected chi connectivity index (χ4v) is 3.45. The number of nitrogens with one attached hydrogen (secondary N) is 3. The van der Waals surface area contributed by atoms with Crippen LogP contribution in [0.1, 0.15) is 26.6 Å². The van der Waals surface area contributed by atoms with E-state index in [0.717, 1.165) is 0 Å². The largest absolute Gasteiger partial charge is 0.368 e. The van der Waals surface area contributed by atoms with Gasteiger partial charge in [0.2, 0.25) is 5.95 Å². The lowest BCUT2D eigenvalue weighted by atomic mass is 9.96. The molecule has 4 rings (SSSR count). The normalized spacial score (nSPS) is 11.3. The standard InChI is InChI=1S/C24H23ClFN7O/c1-24(2,3)21-32-19(20(33-21)17-9-10-28-22(27)30-17)13-7-8-16(26)18(11-13)31-23(34)29-15-6-4-5-14(25)12-15/h4-12H,1-3H3,(H,32,33)(H2,27,28,30)(H2,29,31,34). The minimum absolute atomic E-state index is 0.00881. The highest BCUT2D eigenvalue weighted by Crippen LogP contribution is 2.34. The quantitative estimate of drug-likeness (QED) is 0.292. The SMILES string of the molecule is CC(C)(C)c1nc(-c2ccc(F)c(NC(=O)Nc3cccc(Cl)c3)c2)c(-c2ccnc(N)n2)[nH]1. The number of hydrogen-bond donors (Lipinski definition) is 4. The van der Waals surface area contributed by atoms with Gasteiger partial charge in [-0.2, -0.15) is 0 Å². The first-order valence-electron chi connectivity index (χ1n) is 10.4. The third-order valence-electron chi connectivity index (χ3n) is 4.92. The van der Waals surface area contributed by atoms with E-state index in [1.165, 1.54) is 12.1 Å². The predicted molar refractivity (Wildman–Crippen MR) is 132 cm³/mol. The second kappa shape index (κ2) is 9.11. The zero-order valence-electron chi connectivity index (χ0n) is 18.8. The summed E-state index contributed by atoms with van der Waals surface area (Å²) in [5.41, 5.74) is 8.24. The molecule has 2 aromatic heterocycles. The Labute approximate surface area is 200 Å². The molecule has 2 aromatic carbocycles. The number of aromatic amines is 1. The van der Waals surface area contributed by atoms with Crippen molar-refractivity contribution in [3.63, 3.8) is 0 Å². The van der Waals surface area contributed by atoms with Crippen molar-refractivity contribution >= 4 is 35.0 Å². The highest BCUT2D eigenvalue weighted by molar-refractivity contribution is 6.30. The van der Waals surface area contributed by atoms with Crippen molar-refractivity contribution in [2.24, 2.45) is 0 Å².